The van der Waals surface area contributed by atoms with Crippen molar-refractivity contribution in [2.75, 3.05) is 0 Å². The molecule has 0 heterocycles. The highest BCUT2D eigenvalue weighted by Crippen LogP contribution is 2.24. The molecule has 8 aromatic rings. The van der Waals surface area contributed by atoms with E-state index in [9.17, 15) is 31.9 Å². The van der Waals surface area contributed by atoms with Crippen LogP contribution in [0.15, 0.2) is 194 Å². The van der Waals surface area contributed by atoms with E-state index in [0.717, 1.165) is 40.9 Å². The number of hydrogen-bond donors (Lipinski definition) is 1. The highest BCUT2D eigenvalue weighted by Gasteiger charge is 2.08. The number of rotatable bonds is 15. The predicted octanol–water partition coefficient (Wildman–Crippen LogP) is 14.7. The first-order valence-corrected chi connectivity index (χ1v) is 23.5. The van der Waals surface area contributed by atoms with Gasteiger partial charge in [0.2, 0.25) is 0 Å². The molecule has 8 rings (SSSR count). The first-order valence-electron chi connectivity index (χ1n) is 22.4. The van der Waals surface area contributed by atoms with Crippen molar-refractivity contribution in [2.24, 2.45) is 0 Å². The molecule has 0 bridgehead atoms. The molecule has 0 aliphatic heterocycles. The van der Waals surface area contributed by atoms with Gasteiger partial charge in [-0.25, -0.2) is 17.6 Å². The lowest BCUT2D eigenvalue weighted by atomic mass is 10.1. The van der Waals surface area contributed by atoms with E-state index in [2.05, 4.69) is 28.1 Å². The maximum atomic E-state index is 12.4. The molecule has 378 valence electrons. The van der Waals surface area contributed by atoms with Gasteiger partial charge in [0, 0.05) is 33.1 Å². The highest BCUT2D eigenvalue weighted by molar-refractivity contribution is 9.08. The maximum Gasteiger partial charge on any atom is 0.263 e. The van der Waals surface area contributed by atoms with Crippen LogP contribution in [0.3, 0.4) is 0 Å². The first-order chi connectivity index (χ1) is 36.4. The zero-order valence-corrected chi connectivity index (χ0v) is 41.4. The summed E-state index contributed by atoms with van der Waals surface area (Å²) in [5.74, 6) is 1.96. The summed E-state index contributed by atoms with van der Waals surface area (Å²) in [6.45, 7) is 1.10. The summed E-state index contributed by atoms with van der Waals surface area (Å²) < 4.78 is 65.9. The monoisotopic (exact) mass is 1080 g/mol. The van der Waals surface area contributed by atoms with Crippen molar-refractivity contribution in [3.8, 4) is 41.2 Å². The van der Waals surface area contributed by atoms with Gasteiger partial charge in [0.25, 0.3) is 12.9 Å². The van der Waals surface area contributed by atoms with Crippen LogP contribution in [-0.4, -0.2) is 24.0 Å². The molecular formula is C60H46BrF4N3O7. The lowest BCUT2D eigenvalue weighted by Crippen LogP contribution is -1.96. The summed E-state index contributed by atoms with van der Waals surface area (Å²) in [4.78, 5) is 31.0. The van der Waals surface area contributed by atoms with Crippen molar-refractivity contribution in [1.82, 2.24) is 0 Å². The van der Waals surface area contributed by atoms with E-state index in [-0.39, 0.29) is 16.9 Å². The van der Waals surface area contributed by atoms with Gasteiger partial charge in [-0.2, -0.15) is 15.8 Å². The first kappa shape index (κ1) is 58.2. The van der Waals surface area contributed by atoms with E-state index >= 15 is 0 Å². The molecule has 0 aromatic heterocycles. The summed E-state index contributed by atoms with van der Waals surface area (Å²) in [5.41, 5.74) is 7.70. The summed E-state index contributed by atoms with van der Waals surface area (Å²) in [6.07, 6.45) is -2.63. The Morgan fingerprint density at radius 1 is 0.400 bits per heavy atom. The molecule has 0 radical (unpaired) electrons. The van der Waals surface area contributed by atoms with Crippen LogP contribution in [0.1, 0.15) is 94.0 Å². The van der Waals surface area contributed by atoms with Crippen molar-refractivity contribution in [3.63, 3.8) is 0 Å². The lowest BCUT2D eigenvalue weighted by Gasteiger charge is -2.07. The lowest BCUT2D eigenvalue weighted by molar-refractivity contribution is 0.111. The average Bonchev–Trinajstić information content (AvgIpc) is 3.47. The van der Waals surface area contributed by atoms with Crippen LogP contribution >= 0.6 is 15.9 Å². The van der Waals surface area contributed by atoms with Crippen molar-refractivity contribution >= 4 is 34.8 Å². The number of phenols is 1. The van der Waals surface area contributed by atoms with Crippen LogP contribution in [0.5, 0.6) is 23.0 Å². The van der Waals surface area contributed by atoms with E-state index in [1.165, 1.54) is 66.2 Å². The number of carbonyl (C=O) groups excluding carboxylic acids is 3. The smallest absolute Gasteiger partial charge is 0.263 e. The zero-order chi connectivity index (χ0) is 54.2. The van der Waals surface area contributed by atoms with Crippen LogP contribution in [0.4, 0.5) is 17.6 Å². The molecule has 10 nitrogen and oxygen atoms in total. The van der Waals surface area contributed by atoms with Crippen LogP contribution in [0, 0.1) is 34.0 Å². The Morgan fingerprint density at radius 2 is 0.653 bits per heavy atom. The van der Waals surface area contributed by atoms with Gasteiger partial charge in [-0.05, 0) is 156 Å². The van der Waals surface area contributed by atoms with Crippen LogP contribution < -0.4 is 14.2 Å². The number of nitriles is 3. The fraction of sp³-hybridized carbons (Fsp3) is 0.100. The Kier molecular flexibility index (Phi) is 25.3. The SMILES string of the molecule is N#Cc1ccc(CBr)cc1.N#Cc1ccc(COc2ccc(C(F)F)cc2)cc1.N#Cc1ccc(COc2ccc(C=O)cc2)cc1.O=Cc1ccc(COc2ccc(C(F)F)cc2)cc1.O=Cc1ccc(O)cc1. The van der Waals surface area contributed by atoms with E-state index in [4.69, 9.17) is 35.1 Å². The van der Waals surface area contributed by atoms with Gasteiger partial charge in [0.05, 0.1) is 34.9 Å². The van der Waals surface area contributed by atoms with E-state index < -0.39 is 12.9 Å². The summed E-state index contributed by atoms with van der Waals surface area (Å²) in [5, 5.41) is 35.4. The van der Waals surface area contributed by atoms with Gasteiger partial charge >= 0.3 is 0 Å². The van der Waals surface area contributed by atoms with Gasteiger partial charge in [-0.1, -0.05) is 76.6 Å². The third kappa shape index (κ3) is 21.9. The topological polar surface area (TPSA) is 170 Å². The fourth-order valence-corrected chi connectivity index (χ4v) is 6.20. The minimum atomic E-state index is -2.47. The Hall–Kier alpha value is -9.36. The van der Waals surface area contributed by atoms with Crippen LogP contribution in [-0.2, 0) is 25.2 Å². The van der Waals surface area contributed by atoms with Gasteiger partial charge in [-0.3, -0.25) is 14.4 Å². The van der Waals surface area contributed by atoms with E-state index in [1.807, 2.05) is 42.5 Å². The van der Waals surface area contributed by atoms with Crippen molar-refractivity contribution in [2.45, 2.75) is 38.0 Å². The number of carbonyl (C=O) groups is 3. The molecule has 0 saturated carbocycles. The summed E-state index contributed by atoms with van der Waals surface area (Å²) in [6, 6.07) is 59.3. The van der Waals surface area contributed by atoms with Crippen LogP contribution in [0.25, 0.3) is 0 Å². The second-order valence-corrected chi connectivity index (χ2v) is 16.0. The molecule has 0 aliphatic carbocycles. The molecule has 1 N–H and O–H groups in total. The Morgan fingerprint density at radius 3 is 0.920 bits per heavy atom. The number of nitrogens with zero attached hydrogens (tertiary/aromatic N) is 3. The fourth-order valence-electron chi connectivity index (χ4n) is 5.83. The van der Waals surface area contributed by atoms with Crippen molar-refractivity contribution in [1.29, 1.82) is 15.8 Å². The largest absolute Gasteiger partial charge is 0.508 e. The predicted molar refractivity (Wildman–Crippen MR) is 279 cm³/mol. The zero-order valence-electron chi connectivity index (χ0n) is 39.8. The molecular weight excluding hydrogens is 1030 g/mol. The number of aldehydes is 3. The Bertz CT molecular complexity index is 3090. The van der Waals surface area contributed by atoms with Gasteiger partial charge in [0.15, 0.2) is 0 Å². The number of benzene rings is 8. The molecule has 8 aromatic carbocycles. The normalized spacial score (nSPS) is 9.76. The highest BCUT2D eigenvalue weighted by atomic mass is 79.9. The number of aromatic hydroxyl groups is 1. The Labute approximate surface area is 440 Å². The number of phenolic OH excluding ortho intramolecular Hbond substituents is 1. The van der Waals surface area contributed by atoms with Crippen LogP contribution in [0.2, 0.25) is 0 Å². The molecule has 0 amide bonds. The van der Waals surface area contributed by atoms with E-state index in [1.54, 1.807) is 97.1 Å². The quantitative estimate of drug-likeness (QED) is 0.0592. The Balaban J connectivity index is 0.000000209. The van der Waals surface area contributed by atoms with Crippen molar-refractivity contribution < 1.29 is 51.3 Å². The average molecular weight is 1080 g/mol. The second-order valence-electron chi connectivity index (χ2n) is 15.4. The van der Waals surface area contributed by atoms with E-state index in [0.29, 0.717) is 70.4 Å². The summed E-state index contributed by atoms with van der Waals surface area (Å²) >= 11 is 3.32. The molecule has 75 heavy (non-hydrogen) atoms. The molecule has 0 saturated heterocycles. The third-order valence-electron chi connectivity index (χ3n) is 10.0. The van der Waals surface area contributed by atoms with Crippen molar-refractivity contribution in [3.05, 3.63) is 261 Å². The third-order valence-corrected chi connectivity index (χ3v) is 10.7. The minimum absolute atomic E-state index is 0.0225. The summed E-state index contributed by atoms with van der Waals surface area (Å²) in [7, 11) is 0. The maximum absolute atomic E-state index is 12.4. The van der Waals surface area contributed by atoms with Gasteiger partial charge in [-0.15, -0.1) is 0 Å². The van der Waals surface area contributed by atoms with Gasteiger partial charge < -0.3 is 19.3 Å². The second kappa shape index (κ2) is 32.6. The molecule has 0 aliphatic rings. The standard InChI is InChI=1S/C15H11F2NO.C15H12F2O2.C15H11NO2.C8H6BrN.C7H6O2/c2*16-15(17)13-5-7-14(8-6-13)19-10-12-3-1-11(9-18)2-4-12;16-9-12-1-3-14(4-2-12)11-18-15-7-5-13(10-17)6-8-15;9-5-7-1-3-8(6-10)4-2-7;8-5-6-1-3-7(9)4-2-6/h1-8,15H,10H2;1-9,15H,10H2;1-8,10H,11H2;1-4H,5H2;1-5,9H. The number of ether oxygens (including phenoxy) is 3. The number of alkyl halides is 5. The molecule has 15 heteroatoms. The molecule has 0 fully saturated rings. The molecule has 0 unspecified atom stereocenters. The minimum Gasteiger partial charge on any atom is -0.508 e. The number of hydrogen-bond acceptors (Lipinski definition) is 10. The molecule has 0 spiro atoms. The number of halogens is 5. The molecule has 0 atom stereocenters. The van der Waals surface area contributed by atoms with Gasteiger partial charge in [0.1, 0.15) is 61.7 Å².